The van der Waals surface area contributed by atoms with Gasteiger partial charge in [-0.1, -0.05) is 19.3 Å². The number of anilines is 2. The minimum Gasteiger partial charge on any atom is -0.457 e. The summed E-state index contributed by atoms with van der Waals surface area (Å²) in [7, 11) is 2.03. The van der Waals surface area contributed by atoms with Crippen LogP contribution in [-0.2, 0) is 11.8 Å². The Hall–Kier alpha value is -3.09. The number of hydrogen-bond donors (Lipinski definition) is 2. The van der Waals surface area contributed by atoms with Gasteiger partial charge in [0.1, 0.15) is 17.3 Å². The second-order valence-corrected chi connectivity index (χ2v) is 7.28. The lowest BCUT2D eigenvalue weighted by Crippen LogP contribution is -2.23. The zero-order chi connectivity index (χ0) is 19.5. The molecule has 28 heavy (non-hydrogen) atoms. The summed E-state index contributed by atoms with van der Waals surface area (Å²) in [6, 6.07) is 9.82. The Morgan fingerprint density at radius 3 is 2.71 bits per heavy atom. The van der Waals surface area contributed by atoms with Crippen LogP contribution in [-0.4, -0.2) is 26.5 Å². The van der Waals surface area contributed by atoms with E-state index in [0.29, 0.717) is 23.4 Å². The van der Waals surface area contributed by atoms with Crippen LogP contribution < -0.4 is 15.4 Å². The highest BCUT2D eigenvalue weighted by molar-refractivity contribution is 5.87. The predicted octanol–water partition coefficient (Wildman–Crippen LogP) is 4.46. The van der Waals surface area contributed by atoms with Gasteiger partial charge in [0.05, 0.1) is 11.0 Å². The molecule has 2 aromatic heterocycles. The number of pyridine rings is 1. The molecule has 1 aliphatic rings. The number of nitrogens with one attached hydrogen (secondary N) is 2. The molecule has 7 nitrogen and oxygen atoms in total. The van der Waals surface area contributed by atoms with Crippen molar-refractivity contribution in [2.24, 2.45) is 7.05 Å². The van der Waals surface area contributed by atoms with Gasteiger partial charge in [0.2, 0.25) is 11.9 Å². The number of imidazole rings is 1. The van der Waals surface area contributed by atoms with Crippen molar-refractivity contribution in [2.75, 3.05) is 10.6 Å². The molecular weight excluding hydrogens is 354 g/mol. The van der Waals surface area contributed by atoms with Crippen LogP contribution in [0.5, 0.6) is 11.5 Å². The molecule has 0 saturated heterocycles. The van der Waals surface area contributed by atoms with Gasteiger partial charge in [-0.3, -0.25) is 4.79 Å². The zero-order valence-electron chi connectivity index (χ0n) is 16.2. The minimum absolute atomic E-state index is 0.169. The average molecular weight is 379 g/mol. The molecule has 1 aliphatic carbocycles. The third-order valence-corrected chi connectivity index (χ3v) is 5.06. The Balaban J connectivity index is 1.53. The van der Waals surface area contributed by atoms with Gasteiger partial charge >= 0.3 is 0 Å². The van der Waals surface area contributed by atoms with Crippen molar-refractivity contribution in [3.8, 4) is 11.5 Å². The van der Waals surface area contributed by atoms with Crippen LogP contribution >= 0.6 is 0 Å². The summed E-state index contributed by atoms with van der Waals surface area (Å²) < 4.78 is 8.04. The maximum Gasteiger partial charge on any atom is 0.222 e. The molecule has 2 heterocycles. The summed E-state index contributed by atoms with van der Waals surface area (Å²) in [5.74, 6) is 2.49. The predicted molar refractivity (Wildman–Crippen MR) is 110 cm³/mol. The van der Waals surface area contributed by atoms with Crippen molar-refractivity contribution >= 4 is 28.7 Å². The Kier molecular flexibility index (Phi) is 5.14. The maximum absolute atomic E-state index is 11.2. The van der Waals surface area contributed by atoms with Crippen LogP contribution in [0.2, 0.25) is 0 Å². The summed E-state index contributed by atoms with van der Waals surface area (Å²) in [5, 5.41) is 6.25. The standard InChI is InChI=1S/C21H25N5O2/c1-14(27)23-20-13-17(10-11-22-20)28-16-8-9-19-18(12-16)25-21(26(19)2)24-15-6-4-3-5-7-15/h8-13,15H,3-7H2,1-2H3,(H,24,25)(H,22,23,27). The van der Waals surface area contributed by atoms with Crippen molar-refractivity contribution in [1.82, 2.24) is 14.5 Å². The molecule has 0 atom stereocenters. The van der Waals surface area contributed by atoms with E-state index >= 15 is 0 Å². The van der Waals surface area contributed by atoms with Crippen LogP contribution in [0.4, 0.5) is 11.8 Å². The van der Waals surface area contributed by atoms with E-state index in [1.165, 1.54) is 39.0 Å². The van der Waals surface area contributed by atoms with Crippen LogP contribution in [0, 0.1) is 0 Å². The third-order valence-electron chi connectivity index (χ3n) is 5.06. The summed E-state index contributed by atoms with van der Waals surface area (Å²) in [4.78, 5) is 20.1. The molecular formula is C21H25N5O2. The number of fused-ring (bicyclic) bond motifs is 1. The topological polar surface area (TPSA) is 81.1 Å². The van der Waals surface area contributed by atoms with Crippen LogP contribution in [0.15, 0.2) is 36.5 Å². The molecule has 0 aliphatic heterocycles. The number of benzene rings is 1. The van der Waals surface area contributed by atoms with E-state index in [4.69, 9.17) is 9.72 Å². The quantitative estimate of drug-likeness (QED) is 0.684. The first-order valence-electron chi connectivity index (χ1n) is 9.73. The first kappa shape index (κ1) is 18.3. The number of hydrogen-bond acceptors (Lipinski definition) is 5. The van der Waals surface area contributed by atoms with E-state index in [1.807, 2.05) is 25.2 Å². The van der Waals surface area contributed by atoms with Gasteiger partial charge in [0.25, 0.3) is 0 Å². The SMILES string of the molecule is CC(=O)Nc1cc(Oc2ccc3c(c2)nc(NC2CCCCC2)n3C)ccn1. The van der Waals surface area contributed by atoms with E-state index < -0.39 is 0 Å². The van der Waals surface area contributed by atoms with Crippen molar-refractivity contribution in [2.45, 2.75) is 45.1 Å². The highest BCUT2D eigenvalue weighted by Gasteiger charge is 2.16. The first-order valence-corrected chi connectivity index (χ1v) is 9.73. The lowest BCUT2D eigenvalue weighted by Gasteiger charge is -2.23. The third kappa shape index (κ3) is 4.08. The molecule has 1 aromatic carbocycles. The second-order valence-electron chi connectivity index (χ2n) is 7.28. The van der Waals surface area contributed by atoms with Crippen molar-refractivity contribution in [1.29, 1.82) is 0 Å². The van der Waals surface area contributed by atoms with Crippen LogP contribution in [0.1, 0.15) is 39.0 Å². The molecule has 1 amide bonds. The van der Waals surface area contributed by atoms with Crippen molar-refractivity contribution in [3.63, 3.8) is 0 Å². The molecule has 1 fully saturated rings. The molecule has 4 rings (SSSR count). The fraction of sp³-hybridized carbons (Fsp3) is 0.381. The number of carbonyl (C=O) groups is 1. The van der Waals surface area contributed by atoms with Crippen LogP contribution in [0.25, 0.3) is 11.0 Å². The van der Waals surface area contributed by atoms with Crippen molar-refractivity contribution in [3.05, 3.63) is 36.5 Å². The number of carbonyl (C=O) groups excluding carboxylic acids is 1. The number of amides is 1. The van der Waals surface area contributed by atoms with E-state index in [1.54, 1.807) is 18.3 Å². The fourth-order valence-electron chi connectivity index (χ4n) is 3.66. The van der Waals surface area contributed by atoms with E-state index in [9.17, 15) is 4.79 Å². The average Bonchev–Trinajstić information content (AvgIpc) is 2.97. The molecule has 0 unspecified atom stereocenters. The Labute approximate surface area is 164 Å². The van der Waals surface area contributed by atoms with E-state index in [0.717, 1.165) is 17.0 Å². The van der Waals surface area contributed by atoms with Gasteiger partial charge in [0, 0.05) is 38.3 Å². The number of ether oxygens (including phenoxy) is 1. The number of aryl methyl sites for hydroxylation is 1. The smallest absolute Gasteiger partial charge is 0.222 e. The van der Waals surface area contributed by atoms with Gasteiger partial charge in [0.15, 0.2) is 0 Å². The summed E-state index contributed by atoms with van der Waals surface area (Å²) in [6.45, 7) is 1.45. The van der Waals surface area contributed by atoms with Gasteiger partial charge < -0.3 is 19.9 Å². The zero-order valence-corrected chi connectivity index (χ0v) is 16.2. The second kappa shape index (κ2) is 7.88. The molecule has 0 bridgehead atoms. The minimum atomic E-state index is -0.169. The monoisotopic (exact) mass is 379 g/mol. The van der Waals surface area contributed by atoms with Crippen molar-refractivity contribution < 1.29 is 9.53 Å². The Morgan fingerprint density at radius 2 is 1.93 bits per heavy atom. The number of aromatic nitrogens is 3. The van der Waals surface area contributed by atoms with Crippen LogP contribution in [0.3, 0.4) is 0 Å². The number of nitrogens with zero attached hydrogens (tertiary/aromatic N) is 3. The fourth-order valence-corrected chi connectivity index (χ4v) is 3.66. The largest absolute Gasteiger partial charge is 0.457 e. The maximum atomic E-state index is 11.2. The summed E-state index contributed by atoms with van der Waals surface area (Å²) in [5.41, 5.74) is 1.94. The van der Waals surface area contributed by atoms with E-state index in [2.05, 4.69) is 20.2 Å². The number of rotatable bonds is 5. The van der Waals surface area contributed by atoms with Gasteiger partial charge in [-0.15, -0.1) is 0 Å². The normalized spacial score (nSPS) is 14.8. The lowest BCUT2D eigenvalue weighted by molar-refractivity contribution is -0.114. The molecule has 7 heteroatoms. The molecule has 146 valence electrons. The van der Waals surface area contributed by atoms with Gasteiger partial charge in [-0.2, -0.15) is 0 Å². The Bertz CT molecular complexity index is 992. The highest BCUT2D eigenvalue weighted by atomic mass is 16.5. The summed E-state index contributed by atoms with van der Waals surface area (Å²) in [6.07, 6.45) is 7.91. The Morgan fingerprint density at radius 1 is 1.14 bits per heavy atom. The molecule has 1 saturated carbocycles. The first-order chi connectivity index (χ1) is 13.6. The van der Waals surface area contributed by atoms with E-state index in [-0.39, 0.29) is 5.91 Å². The molecule has 0 radical (unpaired) electrons. The summed E-state index contributed by atoms with van der Waals surface area (Å²) >= 11 is 0. The lowest BCUT2D eigenvalue weighted by atomic mass is 9.96. The molecule has 3 aromatic rings. The van der Waals surface area contributed by atoms with Gasteiger partial charge in [-0.05, 0) is 31.0 Å². The molecule has 2 N–H and O–H groups in total. The highest BCUT2D eigenvalue weighted by Crippen LogP contribution is 2.29. The van der Waals surface area contributed by atoms with Gasteiger partial charge in [-0.25, -0.2) is 9.97 Å². The molecule has 0 spiro atoms.